The van der Waals surface area contributed by atoms with E-state index in [1.807, 2.05) is 31.3 Å². The summed E-state index contributed by atoms with van der Waals surface area (Å²) in [7, 11) is 1.35. The quantitative estimate of drug-likeness (QED) is 0.609. The summed E-state index contributed by atoms with van der Waals surface area (Å²) >= 11 is 3.30. The highest BCUT2D eigenvalue weighted by Crippen LogP contribution is 2.35. The van der Waals surface area contributed by atoms with E-state index in [1.165, 1.54) is 14.0 Å². The molecule has 112 valence electrons. The van der Waals surface area contributed by atoms with Crippen LogP contribution in [-0.2, 0) is 14.3 Å². The van der Waals surface area contributed by atoms with Gasteiger partial charge in [-0.2, -0.15) is 0 Å². The van der Waals surface area contributed by atoms with E-state index < -0.39 is 5.25 Å². The predicted octanol–water partition coefficient (Wildman–Crippen LogP) is 3.70. The highest BCUT2D eigenvalue weighted by Gasteiger charge is 2.31. The monoisotopic (exact) mass is 417 g/mol. The summed E-state index contributed by atoms with van der Waals surface area (Å²) in [6, 6.07) is 6.01. The van der Waals surface area contributed by atoms with Gasteiger partial charge >= 0.3 is 5.97 Å². The third-order valence-electron chi connectivity index (χ3n) is 3.36. The summed E-state index contributed by atoms with van der Waals surface area (Å²) in [5.41, 5.74) is 2.05. The summed E-state index contributed by atoms with van der Waals surface area (Å²) in [4.78, 5) is 26.6. The normalized spacial score (nSPS) is 13.9. The maximum Gasteiger partial charge on any atom is 0.319 e. The Kier molecular flexibility index (Phi) is 5.32. The third kappa shape index (κ3) is 3.42. The smallest absolute Gasteiger partial charge is 0.319 e. The van der Waals surface area contributed by atoms with Crippen LogP contribution in [-0.4, -0.2) is 28.4 Å². The molecule has 0 saturated heterocycles. The van der Waals surface area contributed by atoms with Gasteiger partial charge in [-0.3, -0.25) is 9.59 Å². The molecular weight excluding hydrogens is 401 g/mol. The SMILES string of the molecule is COC(=O)[C@@H](SC(C)=O)[C@H](C)c1c[nH]c2cccc(I)c12. The van der Waals surface area contributed by atoms with Gasteiger partial charge in [0.05, 0.1) is 7.11 Å². The van der Waals surface area contributed by atoms with Crippen LogP contribution in [0, 0.1) is 3.57 Å². The second-order valence-electron chi connectivity index (χ2n) is 4.75. The Morgan fingerprint density at radius 1 is 1.38 bits per heavy atom. The topological polar surface area (TPSA) is 59.2 Å². The Morgan fingerprint density at radius 3 is 2.71 bits per heavy atom. The van der Waals surface area contributed by atoms with Crippen LogP contribution in [0.5, 0.6) is 0 Å². The third-order valence-corrected chi connectivity index (χ3v) is 5.44. The van der Waals surface area contributed by atoms with Crippen LogP contribution in [0.25, 0.3) is 10.9 Å². The van der Waals surface area contributed by atoms with E-state index in [2.05, 4.69) is 27.6 Å². The first-order valence-corrected chi connectivity index (χ1v) is 8.42. The van der Waals surface area contributed by atoms with Gasteiger partial charge in [0.1, 0.15) is 5.25 Å². The number of esters is 1. The Labute approximate surface area is 141 Å². The van der Waals surface area contributed by atoms with E-state index >= 15 is 0 Å². The molecule has 0 fully saturated rings. The Morgan fingerprint density at radius 2 is 2.10 bits per heavy atom. The summed E-state index contributed by atoms with van der Waals surface area (Å²) in [5.74, 6) is -0.501. The number of aromatic amines is 1. The summed E-state index contributed by atoms with van der Waals surface area (Å²) in [5, 5.41) is 0.470. The molecule has 0 saturated carbocycles. The van der Waals surface area contributed by atoms with Crippen LogP contribution in [0.4, 0.5) is 0 Å². The molecule has 2 atom stereocenters. The molecule has 4 nitrogen and oxygen atoms in total. The van der Waals surface area contributed by atoms with Crippen molar-refractivity contribution in [3.05, 3.63) is 33.5 Å². The number of carbonyl (C=O) groups is 2. The lowest BCUT2D eigenvalue weighted by molar-refractivity contribution is -0.140. The first kappa shape index (κ1) is 16.4. The Hall–Kier alpha value is -1.02. The molecule has 1 aromatic carbocycles. The second kappa shape index (κ2) is 6.83. The molecule has 0 spiro atoms. The number of hydrogen-bond donors (Lipinski definition) is 1. The van der Waals surface area contributed by atoms with Gasteiger partial charge < -0.3 is 9.72 Å². The lowest BCUT2D eigenvalue weighted by Gasteiger charge is -2.20. The molecule has 0 bridgehead atoms. The van der Waals surface area contributed by atoms with Crippen molar-refractivity contribution in [3.8, 4) is 0 Å². The van der Waals surface area contributed by atoms with Gasteiger partial charge in [0, 0.05) is 33.5 Å². The number of benzene rings is 1. The van der Waals surface area contributed by atoms with Crippen LogP contribution < -0.4 is 0 Å². The minimum Gasteiger partial charge on any atom is -0.468 e. The maximum atomic E-state index is 12.0. The summed E-state index contributed by atoms with van der Waals surface area (Å²) < 4.78 is 5.97. The van der Waals surface area contributed by atoms with E-state index in [1.54, 1.807) is 0 Å². The lowest BCUT2D eigenvalue weighted by atomic mass is 9.97. The van der Waals surface area contributed by atoms with Crippen molar-refractivity contribution in [1.82, 2.24) is 4.98 Å². The van der Waals surface area contributed by atoms with Crippen LogP contribution >= 0.6 is 34.4 Å². The molecule has 1 aromatic heterocycles. The standard InChI is InChI=1S/C15H16INO3S/c1-8(14(15(19)20-3)21-9(2)18)10-7-17-12-6-4-5-11(16)13(10)12/h4-8,14,17H,1-3H3/t8-,14+/m1/s1. The molecule has 0 aliphatic carbocycles. The number of hydrogen-bond acceptors (Lipinski definition) is 4. The van der Waals surface area contributed by atoms with Gasteiger partial charge in [-0.1, -0.05) is 24.8 Å². The first-order chi connectivity index (χ1) is 9.95. The molecular formula is C15H16INO3S. The maximum absolute atomic E-state index is 12.0. The van der Waals surface area contributed by atoms with Crippen molar-refractivity contribution in [2.75, 3.05) is 7.11 Å². The number of methoxy groups -OCH3 is 1. The number of nitrogens with one attached hydrogen (secondary N) is 1. The number of fused-ring (bicyclic) bond motifs is 1. The van der Waals surface area contributed by atoms with Crippen LogP contribution in [0.15, 0.2) is 24.4 Å². The molecule has 0 unspecified atom stereocenters. The minimum absolute atomic E-state index is 0.0909. The molecule has 6 heteroatoms. The van der Waals surface area contributed by atoms with Gasteiger partial charge in [-0.25, -0.2) is 0 Å². The van der Waals surface area contributed by atoms with Crippen molar-refractivity contribution in [2.24, 2.45) is 0 Å². The molecule has 0 aliphatic rings. The van der Waals surface area contributed by atoms with Crippen molar-refractivity contribution in [2.45, 2.75) is 25.0 Å². The number of H-pyrrole nitrogens is 1. The number of ether oxygens (including phenoxy) is 1. The van der Waals surface area contributed by atoms with Crippen molar-refractivity contribution < 1.29 is 14.3 Å². The lowest BCUT2D eigenvalue weighted by Crippen LogP contribution is -2.26. The van der Waals surface area contributed by atoms with E-state index in [0.717, 1.165) is 31.8 Å². The summed E-state index contributed by atoms with van der Waals surface area (Å²) in [6.45, 7) is 3.41. The zero-order valence-electron chi connectivity index (χ0n) is 12.0. The van der Waals surface area contributed by atoms with Gasteiger partial charge in [-0.15, -0.1) is 0 Å². The number of thioether (sulfide) groups is 1. The van der Waals surface area contributed by atoms with E-state index in [4.69, 9.17) is 4.74 Å². The van der Waals surface area contributed by atoms with Crippen LogP contribution in [0.3, 0.4) is 0 Å². The molecule has 0 radical (unpaired) electrons. The number of carbonyl (C=O) groups excluding carboxylic acids is 2. The molecule has 2 aromatic rings. The van der Waals surface area contributed by atoms with Gasteiger partial charge in [-0.05, 0) is 40.3 Å². The molecule has 1 heterocycles. The second-order valence-corrected chi connectivity index (χ2v) is 7.23. The molecule has 0 aliphatic heterocycles. The molecule has 2 rings (SSSR count). The number of rotatable bonds is 4. The first-order valence-electron chi connectivity index (χ1n) is 6.46. The highest BCUT2D eigenvalue weighted by atomic mass is 127. The fourth-order valence-electron chi connectivity index (χ4n) is 2.34. The molecule has 1 N–H and O–H groups in total. The average Bonchev–Trinajstić information content (AvgIpc) is 2.88. The van der Waals surface area contributed by atoms with E-state index in [-0.39, 0.29) is 17.0 Å². The predicted molar refractivity (Wildman–Crippen MR) is 93.5 cm³/mol. The largest absolute Gasteiger partial charge is 0.468 e. The van der Waals surface area contributed by atoms with Gasteiger partial charge in [0.2, 0.25) is 0 Å². The van der Waals surface area contributed by atoms with Crippen LogP contribution in [0.2, 0.25) is 0 Å². The van der Waals surface area contributed by atoms with Gasteiger partial charge in [0.15, 0.2) is 5.12 Å². The van der Waals surface area contributed by atoms with Crippen molar-refractivity contribution in [1.29, 1.82) is 0 Å². The Balaban J connectivity index is 2.45. The fraction of sp³-hybridized carbons (Fsp3) is 0.333. The summed E-state index contributed by atoms with van der Waals surface area (Å²) in [6.07, 6.45) is 1.91. The van der Waals surface area contributed by atoms with Crippen molar-refractivity contribution in [3.63, 3.8) is 0 Å². The molecule has 21 heavy (non-hydrogen) atoms. The average molecular weight is 417 g/mol. The van der Waals surface area contributed by atoms with Gasteiger partial charge in [0.25, 0.3) is 0 Å². The minimum atomic E-state index is -0.539. The Bertz CT molecular complexity index is 683. The number of halogens is 1. The van der Waals surface area contributed by atoms with Crippen LogP contribution in [0.1, 0.15) is 25.3 Å². The highest BCUT2D eigenvalue weighted by molar-refractivity contribution is 14.1. The van der Waals surface area contributed by atoms with E-state index in [0.29, 0.717) is 0 Å². The fourth-order valence-corrected chi connectivity index (χ4v) is 4.05. The zero-order valence-corrected chi connectivity index (χ0v) is 14.9. The van der Waals surface area contributed by atoms with E-state index in [9.17, 15) is 9.59 Å². The zero-order chi connectivity index (χ0) is 15.6. The van der Waals surface area contributed by atoms with Crippen molar-refractivity contribution >= 4 is 56.3 Å². The molecule has 0 amide bonds. The number of aromatic nitrogens is 1.